The van der Waals surface area contributed by atoms with Crippen LogP contribution >= 0.6 is 11.6 Å². The zero-order valence-corrected chi connectivity index (χ0v) is 16.4. The van der Waals surface area contributed by atoms with Crippen molar-refractivity contribution in [2.24, 2.45) is 0 Å². The summed E-state index contributed by atoms with van der Waals surface area (Å²) in [7, 11) is 0. The number of para-hydroxylation sites is 1. The summed E-state index contributed by atoms with van der Waals surface area (Å²) >= 11 is 5.94. The summed E-state index contributed by atoms with van der Waals surface area (Å²) in [6.45, 7) is 7.93. The summed E-state index contributed by atoms with van der Waals surface area (Å²) < 4.78 is 0. The van der Waals surface area contributed by atoms with Gasteiger partial charge in [-0.3, -0.25) is 9.59 Å². The van der Waals surface area contributed by atoms with Gasteiger partial charge in [-0.2, -0.15) is 0 Å². The third-order valence-electron chi connectivity index (χ3n) is 4.25. The summed E-state index contributed by atoms with van der Waals surface area (Å²) in [5, 5.41) is 3.52. The molecule has 2 aromatic rings. The molecule has 26 heavy (non-hydrogen) atoms. The van der Waals surface area contributed by atoms with Crippen LogP contribution in [0.15, 0.2) is 42.5 Å². The molecular weight excluding hydrogens is 348 g/mol. The highest BCUT2D eigenvalue weighted by Crippen LogP contribution is 2.27. The van der Waals surface area contributed by atoms with Gasteiger partial charge in [0.2, 0.25) is 11.8 Å². The molecule has 5 heteroatoms. The second-order valence-corrected chi connectivity index (χ2v) is 7.08. The second kappa shape index (κ2) is 8.86. The average molecular weight is 373 g/mol. The Labute approximate surface area is 160 Å². The fourth-order valence-corrected chi connectivity index (χ4v) is 3.09. The lowest BCUT2D eigenvalue weighted by atomic mass is 10.0. The molecule has 0 bridgehead atoms. The summed E-state index contributed by atoms with van der Waals surface area (Å²) in [5.41, 5.74) is 3.60. The second-order valence-electron chi connectivity index (χ2n) is 6.64. The van der Waals surface area contributed by atoms with Gasteiger partial charge in [0.25, 0.3) is 0 Å². The van der Waals surface area contributed by atoms with E-state index in [1.807, 2.05) is 31.2 Å². The topological polar surface area (TPSA) is 49.4 Å². The molecule has 0 heterocycles. The van der Waals surface area contributed by atoms with Crippen molar-refractivity contribution in [3.05, 3.63) is 58.6 Å². The third kappa shape index (κ3) is 5.09. The van der Waals surface area contributed by atoms with Crippen molar-refractivity contribution in [2.45, 2.75) is 40.0 Å². The van der Waals surface area contributed by atoms with Crippen molar-refractivity contribution >= 4 is 34.8 Å². The van der Waals surface area contributed by atoms with E-state index in [-0.39, 0.29) is 18.2 Å². The van der Waals surface area contributed by atoms with Crippen LogP contribution in [0.3, 0.4) is 0 Å². The zero-order valence-electron chi connectivity index (χ0n) is 15.7. The van der Waals surface area contributed by atoms with Crippen LogP contribution in [-0.2, 0) is 9.59 Å². The van der Waals surface area contributed by atoms with Crippen LogP contribution in [0.2, 0.25) is 5.02 Å². The lowest BCUT2D eigenvalue weighted by Crippen LogP contribution is -2.32. The van der Waals surface area contributed by atoms with Gasteiger partial charge in [0, 0.05) is 36.3 Å². The van der Waals surface area contributed by atoms with E-state index in [1.165, 1.54) is 6.92 Å². The van der Waals surface area contributed by atoms with E-state index in [9.17, 15) is 9.59 Å². The van der Waals surface area contributed by atoms with E-state index < -0.39 is 0 Å². The Bertz CT molecular complexity index is 802. The van der Waals surface area contributed by atoms with Crippen molar-refractivity contribution in [1.82, 2.24) is 0 Å². The van der Waals surface area contributed by atoms with Gasteiger partial charge in [-0.15, -0.1) is 0 Å². The number of nitrogens with one attached hydrogen (secondary N) is 1. The molecule has 0 saturated carbocycles. The number of anilines is 2. The molecule has 2 amide bonds. The molecule has 2 aromatic carbocycles. The SMILES string of the molecule is CC(=O)N(CCC(=O)Nc1ccc(Cl)cc1C)c1ccccc1C(C)C. The number of hydrogen-bond acceptors (Lipinski definition) is 2. The number of rotatable bonds is 6. The number of nitrogens with zero attached hydrogens (tertiary/aromatic N) is 1. The Morgan fingerprint density at radius 1 is 1.15 bits per heavy atom. The predicted molar refractivity (Wildman–Crippen MR) is 108 cm³/mol. The van der Waals surface area contributed by atoms with Gasteiger partial charge >= 0.3 is 0 Å². The Hall–Kier alpha value is -2.33. The molecule has 2 rings (SSSR count). The predicted octanol–water partition coefficient (Wildman–Crippen LogP) is 5.15. The van der Waals surface area contributed by atoms with Crippen LogP contribution in [-0.4, -0.2) is 18.4 Å². The maximum absolute atomic E-state index is 12.3. The first-order chi connectivity index (χ1) is 12.3. The van der Waals surface area contributed by atoms with E-state index in [0.717, 1.165) is 22.5 Å². The molecular formula is C21H25ClN2O2. The molecule has 0 aliphatic rings. The molecule has 138 valence electrons. The monoisotopic (exact) mass is 372 g/mol. The highest BCUT2D eigenvalue weighted by atomic mass is 35.5. The van der Waals surface area contributed by atoms with Gasteiger partial charge in [-0.05, 0) is 48.2 Å². The fraction of sp³-hybridized carbons (Fsp3) is 0.333. The van der Waals surface area contributed by atoms with Crippen molar-refractivity contribution in [1.29, 1.82) is 0 Å². The summed E-state index contributed by atoms with van der Waals surface area (Å²) in [5.74, 6) is 0.0795. The molecule has 0 aliphatic carbocycles. The molecule has 1 N–H and O–H groups in total. The number of aryl methyl sites for hydroxylation is 1. The van der Waals surface area contributed by atoms with E-state index in [1.54, 1.807) is 23.1 Å². The number of amides is 2. The smallest absolute Gasteiger partial charge is 0.226 e. The molecule has 0 radical (unpaired) electrons. The van der Waals surface area contributed by atoms with Gasteiger partial charge in [0.05, 0.1) is 0 Å². The summed E-state index contributed by atoms with van der Waals surface area (Å²) in [4.78, 5) is 26.2. The maximum atomic E-state index is 12.3. The number of benzene rings is 2. The lowest BCUT2D eigenvalue weighted by Gasteiger charge is -2.25. The standard InChI is InChI=1S/C21H25ClN2O2/c1-14(2)18-7-5-6-8-20(18)24(16(4)25)12-11-21(26)23-19-10-9-17(22)13-15(19)3/h5-10,13-14H,11-12H2,1-4H3,(H,23,26). The summed E-state index contributed by atoms with van der Waals surface area (Å²) in [6.07, 6.45) is 0.216. The van der Waals surface area contributed by atoms with Crippen molar-refractivity contribution in [2.75, 3.05) is 16.8 Å². The average Bonchev–Trinajstić information content (AvgIpc) is 2.57. The van der Waals surface area contributed by atoms with Crippen LogP contribution < -0.4 is 10.2 Å². The van der Waals surface area contributed by atoms with Crippen LogP contribution in [0, 0.1) is 6.92 Å². The van der Waals surface area contributed by atoms with E-state index >= 15 is 0 Å². The van der Waals surface area contributed by atoms with Crippen LogP contribution in [0.25, 0.3) is 0 Å². The normalized spacial score (nSPS) is 10.7. The minimum atomic E-state index is -0.135. The van der Waals surface area contributed by atoms with Gasteiger partial charge in [0.15, 0.2) is 0 Å². The van der Waals surface area contributed by atoms with Crippen LogP contribution in [0.1, 0.15) is 44.2 Å². The Morgan fingerprint density at radius 2 is 1.85 bits per heavy atom. The molecule has 0 spiro atoms. The van der Waals surface area contributed by atoms with Crippen molar-refractivity contribution in [3.8, 4) is 0 Å². The van der Waals surface area contributed by atoms with Crippen LogP contribution in [0.5, 0.6) is 0 Å². The van der Waals surface area contributed by atoms with Crippen LogP contribution in [0.4, 0.5) is 11.4 Å². The van der Waals surface area contributed by atoms with E-state index in [2.05, 4.69) is 19.2 Å². The number of halogens is 1. The zero-order chi connectivity index (χ0) is 19.3. The number of carbonyl (C=O) groups is 2. The van der Waals surface area contributed by atoms with Gasteiger partial charge in [0.1, 0.15) is 0 Å². The minimum Gasteiger partial charge on any atom is -0.326 e. The Kier molecular flexibility index (Phi) is 6.81. The summed E-state index contributed by atoms with van der Waals surface area (Å²) in [6, 6.07) is 13.2. The third-order valence-corrected chi connectivity index (χ3v) is 4.49. The first-order valence-electron chi connectivity index (χ1n) is 8.72. The largest absolute Gasteiger partial charge is 0.326 e. The first-order valence-corrected chi connectivity index (χ1v) is 9.10. The van der Waals surface area contributed by atoms with Gasteiger partial charge in [-0.25, -0.2) is 0 Å². The number of hydrogen-bond donors (Lipinski definition) is 1. The molecule has 0 fully saturated rings. The molecule has 4 nitrogen and oxygen atoms in total. The highest BCUT2D eigenvalue weighted by Gasteiger charge is 2.18. The van der Waals surface area contributed by atoms with Crippen molar-refractivity contribution in [3.63, 3.8) is 0 Å². The number of carbonyl (C=O) groups excluding carboxylic acids is 2. The molecule has 0 atom stereocenters. The maximum Gasteiger partial charge on any atom is 0.226 e. The fourth-order valence-electron chi connectivity index (χ4n) is 2.86. The van der Waals surface area contributed by atoms with Crippen molar-refractivity contribution < 1.29 is 9.59 Å². The van der Waals surface area contributed by atoms with Gasteiger partial charge in [-0.1, -0.05) is 43.6 Å². The molecule has 0 aromatic heterocycles. The van der Waals surface area contributed by atoms with E-state index in [0.29, 0.717) is 17.5 Å². The van der Waals surface area contributed by atoms with E-state index in [4.69, 9.17) is 11.6 Å². The highest BCUT2D eigenvalue weighted by molar-refractivity contribution is 6.30. The molecule has 0 unspecified atom stereocenters. The van der Waals surface area contributed by atoms with Gasteiger partial charge < -0.3 is 10.2 Å². The molecule has 0 aliphatic heterocycles. The Balaban J connectivity index is 2.09. The Morgan fingerprint density at radius 3 is 2.46 bits per heavy atom. The lowest BCUT2D eigenvalue weighted by molar-refractivity contribution is -0.117. The molecule has 0 saturated heterocycles. The minimum absolute atomic E-state index is 0.0754. The quantitative estimate of drug-likeness (QED) is 0.761. The first kappa shape index (κ1) is 20.0.